The van der Waals surface area contributed by atoms with Gasteiger partial charge in [0.05, 0.1) is 11.4 Å². The third kappa shape index (κ3) is 3.29. The Kier molecular flexibility index (Phi) is 4.47. The highest BCUT2D eigenvalue weighted by Gasteiger charge is 2.20. The third-order valence-electron chi connectivity index (χ3n) is 3.50. The molecule has 1 aromatic heterocycles. The molecule has 23 heavy (non-hydrogen) atoms. The van der Waals surface area contributed by atoms with E-state index in [-0.39, 0.29) is 5.91 Å². The van der Waals surface area contributed by atoms with E-state index in [0.29, 0.717) is 5.69 Å². The van der Waals surface area contributed by atoms with E-state index in [0.717, 1.165) is 29.9 Å². The summed E-state index contributed by atoms with van der Waals surface area (Å²) in [5, 5.41) is 11.1. The van der Waals surface area contributed by atoms with Gasteiger partial charge in [0.2, 0.25) is 0 Å². The molecule has 0 aliphatic heterocycles. The van der Waals surface area contributed by atoms with Crippen LogP contribution in [-0.4, -0.2) is 20.9 Å². The van der Waals surface area contributed by atoms with Crippen LogP contribution in [0.5, 0.6) is 0 Å². The average molecular weight is 306 g/mol. The highest BCUT2D eigenvalue weighted by Crippen LogP contribution is 2.16. The Balaban J connectivity index is 1.93. The summed E-state index contributed by atoms with van der Waals surface area (Å²) in [5.74, 6) is -0.234. The van der Waals surface area contributed by atoms with Crippen molar-refractivity contribution in [2.24, 2.45) is 0 Å². The Hall–Kier alpha value is -2.95. The Labute approximate surface area is 135 Å². The molecule has 5 heteroatoms. The van der Waals surface area contributed by atoms with Crippen molar-refractivity contribution in [3.8, 4) is 5.69 Å². The lowest BCUT2D eigenvalue weighted by Crippen LogP contribution is -2.15. The van der Waals surface area contributed by atoms with Gasteiger partial charge in [-0.25, -0.2) is 4.68 Å². The lowest BCUT2D eigenvalue weighted by atomic mass is 10.2. The molecular weight excluding hydrogens is 288 g/mol. The Morgan fingerprint density at radius 3 is 2.35 bits per heavy atom. The van der Waals surface area contributed by atoms with Gasteiger partial charge in [0.1, 0.15) is 0 Å². The number of nitrogens with one attached hydrogen (secondary N) is 1. The van der Waals surface area contributed by atoms with E-state index in [4.69, 9.17) is 0 Å². The second-order valence-corrected chi connectivity index (χ2v) is 5.20. The van der Waals surface area contributed by atoms with Crippen LogP contribution in [0, 0.1) is 0 Å². The lowest BCUT2D eigenvalue weighted by molar-refractivity contribution is 0.102. The normalized spacial score (nSPS) is 10.5. The van der Waals surface area contributed by atoms with E-state index in [1.807, 2.05) is 60.7 Å². The first-order valence-electron chi connectivity index (χ1n) is 7.66. The molecule has 0 bridgehead atoms. The Bertz CT molecular complexity index is 781. The van der Waals surface area contributed by atoms with Crippen LogP contribution in [-0.2, 0) is 6.42 Å². The first kappa shape index (κ1) is 15.0. The van der Waals surface area contributed by atoms with Crippen molar-refractivity contribution in [2.45, 2.75) is 19.8 Å². The highest BCUT2D eigenvalue weighted by molar-refractivity contribution is 6.03. The van der Waals surface area contributed by atoms with E-state index < -0.39 is 0 Å². The van der Waals surface area contributed by atoms with E-state index in [1.54, 1.807) is 4.68 Å². The number of amides is 1. The number of benzene rings is 2. The lowest BCUT2D eigenvalue weighted by Gasteiger charge is -2.07. The second kappa shape index (κ2) is 6.87. The van der Waals surface area contributed by atoms with Crippen LogP contribution in [0.3, 0.4) is 0 Å². The molecule has 2 aromatic carbocycles. The van der Waals surface area contributed by atoms with E-state index >= 15 is 0 Å². The fourth-order valence-electron chi connectivity index (χ4n) is 2.43. The molecule has 116 valence electrons. The molecule has 0 spiro atoms. The fraction of sp³-hybridized carbons (Fsp3) is 0.167. The van der Waals surface area contributed by atoms with Gasteiger partial charge in [-0.05, 0) is 30.7 Å². The van der Waals surface area contributed by atoms with Crippen molar-refractivity contribution in [3.63, 3.8) is 0 Å². The number of hydrogen-bond donors (Lipinski definition) is 1. The molecule has 1 amide bonds. The van der Waals surface area contributed by atoms with Gasteiger partial charge in [-0.3, -0.25) is 4.79 Å². The van der Waals surface area contributed by atoms with Gasteiger partial charge in [0.15, 0.2) is 5.69 Å². The van der Waals surface area contributed by atoms with Crippen molar-refractivity contribution in [1.82, 2.24) is 15.0 Å². The molecule has 3 aromatic rings. The number of rotatable bonds is 5. The van der Waals surface area contributed by atoms with Crippen molar-refractivity contribution in [2.75, 3.05) is 5.32 Å². The van der Waals surface area contributed by atoms with Crippen LogP contribution < -0.4 is 5.32 Å². The van der Waals surface area contributed by atoms with Crippen LogP contribution in [0.4, 0.5) is 5.69 Å². The summed E-state index contributed by atoms with van der Waals surface area (Å²) in [6, 6.07) is 19.1. The molecule has 5 nitrogen and oxygen atoms in total. The minimum atomic E-state index is -0.234. The summed E-state index contributed by atoms with van der Waals surface area (Å²) >= 11 is 0. The average Bonchev–Trinajstić information content (AvgIpc) is 3.01. The summed E-state index contributed by atoms with van der Waals surface area (Å²) < 4.78 is 1.74. The third-order valence-corrected chi connectivity index (χ3v) is 3.50. The zero-order valence-electron chi connectivity index (χ0n) is 12.9. The van der Waals surface area contributed by atoms with Gasteiger partial charge in [-0.2, -0.15) is 0 Å². The maximum absolute atomic E-state index is 12.5. The van der Waals surface area contributed by atoms with Gasteiger partial charge >= 0.3 is 0 Å². The summed E-state index contributed by atoms with van der Waals surface area (Å²) in [5.41, 5.74) is 2.85. The topological polar surface area (TPSA) is 59.8 Å². The fourth-order valence-corrected chi connectivity index (χ4v) is 2.43. The molecule has 0 aliphatic carbocycles. The molecule has 0 atom stereocenters. The molecule has 3 rings (SSSR count). The van der Waals surface area contributed by atoms with Crippen LogP contribution in [0.2, 0.25) is 0 Å². The van der Waals surface area contributed by atoms with Gasteiger partial charge in [0, 0.05) is 5.69 Å². The minimum absolute atomic E-state index is 0.234. The molecular formula is C18H18N4O. The first-order chi connectivity index (χ1) is 11.3. The van der Waals surface area contributed by atoms with Gasteiger partial charge in [-0.1, -0.05) is 55.0 Å². The van der Waals surface area contributed by atoms with Crippen molar-refractivity contribution < 1.29 is 4.79 Å². The number of para-hydroxylation sites is 2. The first-order valence-corrected chi connectivity index (χ1v) is 7.66. The summed E-state index contributed by atoms with van der Waals surface area (Å²) in [4.78, 5) is 12.5. The van der Waals surface area contributed by atoms with Gasteiger partial charge in [0.25, 0.3) is 5.91 Å². The molecule has 0 unspecified atom stereocenters. The molecule has 0 saturated heterocycles. The smallest absolute Gasteiger partial charge is 0.278 e. The minimum Gasteiger partial charge on any atom is -0.321 e. The summed E-state index contributed by atoms with van der Waals surface area (Å²) in [6.45, 7) is 2.07. The van der Waals surface area contributed by atoms with Crippen molar-refractivity contribution in [1.29, 1.82) is 0 Å². The number of anilines is 1. The SMILES string of the molecule is CCCc1c(C(=O)Nc2ccccc2)nnn1-c1ccccc1. The standard InChI is InChI=1S/C18H18N4O/c1-2-9-16-17(18(23)19-14-10-5-3-6-11-14)20-21-22(16)15-12-7-4-8-13-15/h3-8,10-13H,2,9H2,1H3,(H,19,23). The molecule has 0 fully saturated rings. The maximum atomic E-state index is 12.5. The van der Waals surface area contributed by atoms with Crippen molar-refractivity contribution in [3.05, 3.63) is 72.1 Å². The molecule has 1 N–H and O–H groups in total. The van der Waals surface area contributed by atoms with E-state index in [1.165, 1.54) is 0 Å². The molecule has 0 aliphatic rings. The zero-order chi connectivity index (χ0) is 16.1. The number of carbonyl (C=O) groups is 1. The van der Waals surface area contributed by atoms with E-state index in [2.05, 4.69) is 22.6 Å². The summed E-state index contributed by atoms with van der Waals surface area (Å²) in [7, 11) is 0. The molecule has 0 saturated carbocycles. The van der Waals surface area contributed by atoms with Gasteiger partial charge in [-0.15, -0.1) is 5.10 Å². The predicted molar refractivity (Wildman–Crippen MR) is 89.7 cm³/mol. The van der Waals surface area contributed by atoms with Crippen LogP contribution in [0.25, 0.3) is 5.69 Å². The monoisotopic (exact) mass is 306 g/mol. The maximum Gasteiger partial charge on any atom is 0.278 e. The highest BCUT2D eigenvalue weighted by atomic mass is 16.2. The second-order valence-electron chi connectivity index (χ2n) is 5.20. The Morgan fingerprint density at radius 2 is 1.70 bits per heavy atom. The van der Waals surface area contributed by atoms with E-state index in [9.17, 15) is 4.79 Å². The molecule has 1 heterocycles. The quantitative estimate of drug-likeness (QED) is 0.785. The Morgan fingerprint density at radius 1 is 1.04 bits per heavy atom. The van der Waals surface area contributed by atoms with Crippen LogP contribution in [0.15, 0.2) is 60.7 Å². The molecule has 0 radical (unpaired) electrons. The van der Waals surface area contributed by atoms with Crippen molar-refractivity contribution >= 4 is 11.6 Å². The number of aromatic nitrogens is 3. The summed E-state index contributed by atoms with van der Waals surface area (Å²) in [6.07, 6.45) is 1.64. The van der Waals surface area contributed by atoms with Gasteiger partial charge < -0.3 is 5.32 Å². The number of hydrogen-bond acceptors (Lipinski definition) is 3. The zero-order valence-corrected chi connectivity index (χ0v) is 12.9. The number of nitrogens with zero attached hydrogens (tertiary/aromatic N) is 3. The predicted octanol–water partition coefficient (Wildman–Crippen LogP) is 3.47. The van der Waals surface area contributed by atoms with Crippen LogP contribution >= 0.6 is 0 Å². The number of carbonyl (C=O) groups excluding carboxylic acids is 1. The largest absolute Gasteiger partial charge is 0.321 e. The van der Waals surface area contributed by atoms with Crippen LogP contribution in [0.1, 0.15) is 29.5 Å².